The van der Waals surface area contributed by atoms with Crippen molar-refractivity contribution < 1.29 is 5.11 Å². The molecule has 0 aliphatic carbocycles. The third kappa shape index (κ3) is 1.81. The van der Waals surface area contributed by atoms with Gasteiger partial charge in [0.15, 0.2) is 5.60 Å². The summed E-state index contributed by atoms with van der Waals surface area (Å²) >= 11 is 6.12. The summed E-state index contributed by atoms with van der Waals surface area (Å²) in [6.07, 6.45) is 0.858. The van der Waals surface area contributed by atoms with Gasteiger partial charge >= 0.3 is 0 Å². The second kappa shape index (κ2) is 4.81. The van der Waals surface area contributed by atoms with Crippen LogP contribution in [0.5, 0.6) is 0 Å². The van der Waals surface area contributed by atoms with Crippen LogP contribution in [0.4, 0.5) is 5.69 Å². The van der Waals surface area contributed by atoms with Gasteiger partial charge in [-0.2, -0.15) is 0 Å². The number of hydrogen-bond donors (Lipinski definition) is 3. The summed E-state index contributed by atoms with van der Waals surface area (Å²) in [5, 5.41) is 15.3. The number of halogens is 1. The minimum atomic E-state index is -1.40. The first-order valence-electron chi connectivity index (χ1n) is 7.29. The first-order chi connectivity index (χ1) is 10.6. The van der Waals surface area contributed by atoms with Crippen molar-refractivity contribution in [2.45, 2.75) is 18.6 Å². The number of aliphatic imine (C=N–C) groups is 1. The van der Waals surface area contributed by atoms with E-state index in [4.69, 9.17) is 17.3 Å². The maximum Gasteiger partial charge on any atom is 0.174 e. The summed E-state index contributed by atoms with van der Waals surface area (Å²) in [4.78, 5) is 4.34. The zero-order valence-corrected chi connectivity index (χ0v) is 12.7. The summed E-state index contributed by atoms with van der Waals surface area (Å²) < 4.78 is 0. The van der Waals surface area contributed by atoms with Crippen molar-refractivity contribution in [1.29, 1.82) is 0 Å². The fourth-order valence-electron chi connectivity index (χ4n) is 3.40. The number of amidine groups is 1. The molecule has 4 N–H and O–H groups in total. The van der Waals surface area contributed by atoms with Crippen LogP contribution in [-0.2, 0) is 18.6 Å². The Bertz CT molecular complexity index is 802. The molecule has 2 aliphatic heterocycles. The molecular formula is C17H16ClN3O. The molecule has 0 aromatic heterocycles. The lowest BCUT2D eigenvalue weighted by Crippen LogP contribution is -2.41. The predicted molar refractivity (Wildman–Crippen MR) is 87.6 cm³/mol. The highest BCUT2D eigenvalue weighted by Gasteiger charge is 2.44. The van der Waals surface area contributed by atoms with Crippen LogP contribution in [0.1, 0.15) is 22.3 Å². The highest BCUT2D eigenvalue weighted by Crippen LogP contribution is 2.44. The molecule has 2 aliphatic rings. The van der Waals surface area contributed by atoms with Gasteiger partial charge in [0.1, 0.15) is 5.84 Å². The van der Waals surface area contributed by atoms with Crippen molar-refractivity contribution in [2.75, 3.05) is 6.54 Å². The molecule has 0 saturated carbocycles. The van der Waals surface area contributed by atoms with Gasteiger partial charge in [-0.3, -0.25) is 0 Å². The summed E-state index contributed by atoms with van der Waals surface area (Å²) in [5.74, 6) is 0.205. The normalized spacial score (nSPS) is 22.9. The molecule has 112 valence electrons. The van der Waals surface area contributed by atoms with E-state index in [1.165, 1.54) is 5.56 Å². The van der Waals surface area contributed by atoms with E-state index in [2.05, 4.69) is 16.4 Å². The van der Waals surface area contributed by atoms with Gasteiger partial charge in [0.2, 0.25) is 0 Å². The predicted octanol–water partition coefficient (Wildman–Crippen LogP) is 2.22. The highest BCUT2D eigenvalue weighted by atomic mass is 35.5. The van der Waals surface area contributed by atoms with Gasteiger partial charge in [-0.1, -0.05) is 29.8 Å². The van der Waals surface area contributed by atoms with E-state index < -0.39 is 5.60 Å². The van der Waals surface area contributed by atoms with Gasteiger partial charge in [0.25, 0.3) is 0 Å². The second-order valence-corrected chi connectivity index (χ2v) is 6.18. The molecule has 2 aromatic carbocycles. The van der Waals surface area contributed by atoms with E-state index in [9.17, 15) is 5.11 Å². The van der Waals surface area contributed by atoms with Crippen molar-refractivity contribution >= 4 is 23.1 Å². The Hall–Kier alpha value is -1.88. The standard InChI is InChI=1S/C17H16ClN3O/c18-11-4-5-15-14(8-11)17(22,16(19)21-15)13-3-1-2-10-9-20-7-6-12(10)13/h1-5,8,20,22H,6-7,9H2,(H2,19,21). The quantitative estimate of drug-likeness (QED) is 0.756. The Morgan fingerprint density at radius 3 is 2.95 bits per heavy atom. The van der Waals surface area contributed by atoms with E-state index in [0.29, 0.717) is 16.3 Å². The topological polar surface area (TPSA) is 70.6 Å². The Balaban J connectivity index is 1.97. The van der Waals surface area contributed by atoms with E-state index in [1.807, 2.05) is 12.1 Å². The van der Waals surface area contributed by atoms with E-state index in [-0.39, 0.29) is 5.84 Å². The van der Waals surface area contributed by atoms with Gasteiger partial charge < -0.3 is 16.2 Å². The lowest BCUT2D eigenvalue weighted by Gasteiger charge is -2.30. The average molecular weight is 314 g/mol. The van der Waals surface area contributed by atoms with Crippen molar-refractivity contribution in [2.24, 2.45) is 10.7 Å². The molecule has 5 heteroatoms. The molecule has 1 unspecified atom stereocenters. The molecule has 22 heavy (non-hydrogen) atoms. The van der Waals surface area contributed by atoms with Gasteiger partial charge in [-0.25, -0.2) is 4.99 Å². The van der Waals surface area contributed by atoms with E-state index in [0.717, 1.165) is 30.6 Å². The van der Waals surface area contributed by atoms with Crippen LogP contribution >= 0.6 is 11.6 Å². The zero-order chi connectivity index (χ0) is 15.3. The Morgan fingerprint density at radius 1 is 1.23 bits per heavy atom. The zero-order valence-electron chi connectivity index (χ0n) is 11.9. The van der Waals surface area contributed by atoms with Gasteiger partial charge in [0, 0.05) is 17.1 Å². The number of aliphatic hydroxyl groups is 1. The van der Waals surface area contributed by atoms with Gasteiger partial charge in [0.05, 0.1) is 5.69 Å². The third-order valence-corrected chi connectivity index (χ3v) is 4.73. The van der Waals surface area contributed by atoms with Crippen molar-refractivity contribution in [3.05, 3.63) is 63.7 Å². The van der Waals surface area contributed by atoms with Crippen molar-refractivity contribution in [1.82, 2.24) is 5.32 Å². The lowest BCUT2D eigenvalue weighted by molar-refractivity contribution is 0.157. The maximum atomic E-state index is 11.4. The monoisotopic (exact) mass is 313 g/mol. The first-order valence-corrected chi connectivity index (χ1v) is 7.67. The molecule has 1 atom stereocenters. The van der Waals surface area contributed by atoms with Crippen LogP contribution in [-0.4, -0.2) is 17.5 Å². The lowest BCUT2D eigenvalue weighted by atomic mass is 9.80. The van der Waals surface area contributed by atoms with Crippen LogP contribution in [0.2, 0.25) is 5.02 Å². The van der Waals surface area contributed by atoms with E-state index >= 15 is 0 Å². The smallest absolute Gasteiger partial charge is 0.174 e. The highest BCUT2D eigenvalue weighted by molar-refractivity contribution is 6.30. The van der Waals surface area contributed by atoms with Crippen LogP contribution < -0.4 is 11.1 Å². The molecule has 0 saturated heterocycles. The number of nitrogens with two attached hydrogens (primary N) is 1. The number of rotatable bonds is 1. The molecule has 0 fully saturated rings. The number of hydrogen-bond acceptors (Lipinski definition) is 4. The van der Waals surface area contributed by atoms with Gasteiger partial charge in [-0.05, 0) is 47.9 Å². The average Bonchev–Trinajstić information content (AvgIpc) is 2.79. The fourth-order valence-corrected chi connectivity index (χ4v) is 3.57. The molecule has 2 heterocycles. The first kappa shape index (κ1) is 13.8. The Labute approximate surface area is 133 Å². The minimum Gasteiger partial charge on any atom is -0.384 e. The second-order valence-electron chi connectivity index (χ2n) is 5.74. The van der Waals surface area contributed by atoms with Crippen LogP contribution in [0, 0.1) is 0 Å². The fraction of sp³-hybridized carbons (Fsp3) is 0.235. The molecule has 0 spiro atoms. The molecule has 4 rings (SSSR count). The minimum absolute atomic E-state index is 0.205. The molecule has 4 nitrogen and oxygen atoms in total. The third-order valence-electron chi connectivity index (χ3n) is 4.49. The summed E-state index contributed by atoms with van der Waals surface area (Å²) in [6.45, 7) is 1.69. The van der Waals surface area contributed by atoms with Crippen molar-refractivity contribution in [3.63, 3.8) is 0 Å². The summed E-state index contributed by atoms with van der Waals surface area (Å²) in [5.41, 5.74) is 9.21. The summed E-state index contributed by atoms with van der Waals surface area (Å²) in [7, 11) is 0. The number of benzene rings is 2. The van der Waals surface area contributed by atoms with Crippen LogP contribution in [0.15, 0.2) is 41.4 Å². The van der Waals surface area contributed by atoms with Crippen LogP contribution in [0.3, 0.4) is 0 Å². The molecular weight excluding hydrogens is 298 g/mol. The molecule has 0 radical (unpaired) electrons. The largest absolute Gasteiger partial charge is 0.384 e. The van der Waals surface area contributed by atoms with Crippen LogP contribution in [0.25, 0.3) is 0 Å². The SMILES string of the molecule is NC1=Nc2ccc(Cl)cc2C1(O)c1cccc2c1CCNC2. The summed E-state index contributed by atoms with van der Waals surface area (Å²) in [6, 6.07) is 11.3. The van der Waals surface area contributed by atoms with E-state index in [1.54, 1.807) is 18.2 Å². The Morgan fingerprint density at radius 2 is 2.09 bits per heavy atom. The van der Waals surface area contributed by atoms with Crippen molar-refractivity contribution in [3.8, 4) is 0 Å². The number of nitrogens with zero attached hydrogens (tertiary/aromatic N) is 1. The number of fused-ring (bicyclic) bond motifs is 2. The maximum absolute atomic E-state index is 11.4. The number of nitrogens with one attached hydrogen (secondary N) is 1. The van der Waals surface area contributed by atoms with Gasteiger partial charge in [-0.15, -0.1) is 0 Å². The Kier molecular flexibility index (Phi) is 3.01. The molecule has 0 bridgehead atoms. The molecule has 2 aromatic rings. The molecule has 0 amide bonds.